The van der Waals surface area contributed by atoms with Gasteiger partial charge in [0.15, 0.2) is 4.90 Å². The molecule has 0 saturated heterocycles. The molecule has 0 spiro atoms. The predicted molar refractivity (Wildman–Crippen MR) is 89.4 cm³/mol. The number of benzene rings is 2. The minimum Gasteiger partial charge on any atom is -0.497 e. The quantitative estimate of drug-likeness (QED) is 0.577. The average Bonchev–Trinajstić information content (AvgIpc) is 2.60. The van der Waals surface area contributed by atoms with Crippen LogP contribution in [0.15, 0.2) is 47.4 Å². The van der Waals surface area contributed by atoms with Gasteiger partial charge in [-0.1, -0.05) is 12.1 Å². The Bertz CT molecular complexity index is 884. The molecule has 0 aliphatic carbocycles. The fraction of sp³-hybridized carbons (Fsp3) is 0.250. The zero-order valence-corrected chi connectivity index (χ0v) is 14.7. The Balaban J connectivity index is 2.47. The van der Waals surface area contributed by atoms with Crippen LogP contribution in [0.25, 0.3) is 0 Å². The average molecular weight is 368 g/mol. The molecule has 0 N–H and O–H groups in total. The molecule has 1 unspecified atom stereocenters. The molecule has 0 saturated carbocycles. The van der Waals surface area contributed by atoms with E-state index in [4.69, 9.17) is 4.74 Å². The van der Waals surface area contributed by atoms with Crippen molar-refractivity contribution >= 4 is 15.7 Å². The third-order valence-electron chi connectivity index (χ3n) is 3.92. The zero-order chi connectivity index (χ0) is 18.8. The Morgan fingerprint density at radius 2 is 1.80 bits per heavy atom. The molecule has 1 atom stereocenters. The van der Waals surface area contributed by atoms with Crippen LogP contribution in [0.1, 0.15) is 18.5 Å². The van der Waals surface area contributed by atoms with Crippen LogP contribution >= 0.6 is 0 Å². The minimum absolute atomic E-state index is 0.180. The summed E-state index contributed by atoms with van der Waals surface area (Å²) in [5.74, 6) is -0.257. The number of sulfonamides is 1. The van der Waals surface area contributed by atoms with Crippen molar-refractivity contribution in [2.24, 2.45) is 0 Å². The van der Waals surface area contributed by atoms with Crippen molar-refractivity contribution in [3.63, 3.8) is 0 Å². The zero-order valence-electron chi connectivity index (χ0n) is 13.8. The van der Waals surface area contributed by atoms with Crippen LogP contribution in [0.2, 0.25) is 0 Å². The molecule has 0 aliphatic heterocycles. The van der Waals surface area contributed by atoms with Crippen LogP contribution in [0.5, 0.6) is 5.75 Å². The second-order valence-electron chi connectivity index (χ2n) is 5.34. The SMILES string of the molecule is COc1ccc(S(=O)(=O)N(C)C(C)c2ccc(F)cc2)c([N+](=O)[O-])c1. The van der Waals surface area contributed by atoms with Gasteiger partial charge in [-0.3, -0.25) is 10.1 Å². The van der Waals surface area contributed by atoms with Gasteiger partial charge in [-0.2, -0.15) is 4.31 Å². The number of nitro benzene ring substituents is 1. The molecule has 2 aromatic carbocycles. The molecular formula is C16H17FN2O5S. The second-order valence-corrected chi connectivity index (χ2v) is 7.31. The lowest BCUT2D eigenvalue weighted by Gasteiger charge is -2.24. The third-order valence-corrected chi connectivity index (χ3v) is 5.89. The molecule has 134 valence electrons. The summed E-state index contributed by atoms with van der Waals surface area (Å²) in [5.41, 5.74) is -0.0128. The Kier molecular flexibility index (Phi) is 5.39. The van der Waals surface area contributed by atoms with E-state index >= 15 is 0 Å². The molecule has 0 aromatic heterocycles. The monoisotopic (exact) mass is 368 g/mol. The van der Waals surface area contributed by atoms with E-state index in [0.717, 1.165) is 16.4 Å². The van der Waals surface area contributed by atoms with Crippen LogP contribution in [-0.2, 0) is 10.0 Å². The van der Waals surface area contributed by atoms with Gasteiger partial charge < -0.3 is 4.74 Å². The molecule has 0 heterocycles. The number of methoxy groups -OCH3 is 1. The van der Waals surface area contributed by atoms with Crippen LogP contribution in [-0.4, -0.2) is 31.8 Å². The van der Waals surface area contributed by atoms with E-state index < -0.39 is 37.4 Å². The summed E-state index contributed by atoms with van der Waals surface area (Å²) in [5, 5.41) is 11.3. The van der Waals surface area contributed by atoms with E-state index in [2.05, 4.69) is 0 Å². The third kappa shape index (κ3) is 3.77. The van der Waals surface area contributed by atoms with Gasteiger partial charge in [0.25, 0.3) is 5.69 Å². The number of hydrogen-bond donors (Lipinski definition) is 0. The van der Waals surface area contributed by atoms with Crippen molar-refractivity contribution in [2.75, 3.05) is 14.2 Å². The summed E-state index contributed by atoms with van der Waals surface area (Å²) in [6, 6.07) is 8.28. The van der Waals surface area contributed by atoms with Crippen molar-refractivity contribution in [3.8, 4) is 5.75 Å². The van der Waals surface area contributed by atoms with Gasteiger partial charge in [0, 0.05) is 13.1 Å². The molecule has 0 radical (unpaired) electrons. The summed E-state index contributed by atoms with van der Waals surface area (Å²) in [6.45, 7) is 1.61. The summed E-state index contributed by atoms with van der Waals surface area (Å²) in [4.78, 5) is 10.1. The first-order valence-electron chi connectivity index (χ1n) is 7.24. The van der Waals surface area contributed by atoms with Gasteiger partial charge >= 0.3 is 0 Å². The Morgan fingerprint density at radius 1 is 1.20 bits per heavy atom. The summed E-state index contributed by atoms with van der Waals surface area (Å²) >= 11 is 0. The van der Waals surface area contributed by atoms with Gasteiger partial charge in [0.2, 0.25) is 10.0 Å². The molecule has 25 heavy (non-hydrogen) atoms. The number of nitrogens with zero attached hydrogens (tertiary/aromatic N) is 2. The summed E-state index contributed by atoms with van der Waals surface area (Å²) < 4.78 is 44.7. The Labute approximate surface area is 144 Å². The van der Waals surface area contributed by atoms with Gasteiger partial charge in [-0.05, 0) is 36.8 Å². The Hall–Kier alpha value is -2.52. The topological polar surface area (TPSA) is 89.8 Å². The highest BCUT2D eigenvalue weighted by atomic mass is 32.2. The number of halogens is 1. The van der Waals surface area contributed by atoms with Gasteiger partial charge in [0.1, 0.15) is 11.6 Å². The highest BCUT2D eigenvalue weighted by Crippen LogP contribution is 2.33. The first-order chi connectivity index (χ1) is 11.7. The largest absolute Gasteiger partial charge is 0.497 e. The van der Waals surface area contributed by atoms with E-state index in [1.54, 1.807) is 6.92 Å². The van der Waals surface area contributed by atoms with Crippen molar-refractivity contribution in [1.82, 2.24) is 4.31 Å². The Morgan fingerprint density at radius 3 is 2.32 bits per heavy atom. The van der Waals surface area contributed by atoms with Gasteiger partial charge in [-0.15, -0.1) is 0 Å². The normalized spacial score (nSPS) is 12.8. The molecule has 2 aromatic rings. The molecule has 7 nitrogen and oxygen atoms in total. The predicted octanol–water partition coefficient (Wildman–Crippen LogP) is 3.12. The van der Waals surface area contributed by atoms with E-state index in [1.165, 1.54) is 44.5 Å². The molecule has 0 fully saturated rings. The summed E-state index contributed by atoms with van der Waals surface area (Å²) in [6.07, 6.45) is 0. The highest BCUT2D eigenvalue weighted by Gasteiger charge is 2.33. The van der Waals surface area contributed by atoms with Crippen LogP contribution < -0.4 is 4.74 Å². The van der Waals surface area contributed by atoms with E-state index in [1.807, 2.05) is 0 Å². The number of rotatable bonds is 6. The molecule has 9 heteroatoms. The number of ether oxygens (including phenoxy) is 1. The van der Waals surface area contributed by atoms with Crippen molar-refractivity contribution in [2.45, 2.75) is 17.9 Å². The summed E-state index contributed by atoms with van der Waals surface area (Å²) in [7, 11) is -1.51. The lowest BCUT2D eigenvalue weighted by molar-refractivity contribution is -0.387. The lowest BCUT2D eigenvalue weighted by Crippen LogP contribution is -2.30. The molecule has 2 rings (SSSR count). The van der Waals surface area contributed by atoms with Crippen LogP contribution in [0.3, 0.4) is 0 Å². The van der Waals surface area contributed by atoms with Gasteiger partial charge in [-0.25, -0.2) is 12.8 Å². The van der Waals surface area contributed by atoms with E-state index in [-0.39, 0.29) is 5.75 Å². The fourth-order valence-corrected chi connectivity index (χ4v) is 3.79. The van der Waals surface area contributed by atoms with E-state index in [0.29, 0.717) is 5.56 Å². The minimum atomic E-state index is -4.15. The smallest absolute Gasteiger partial charge is 0.293 e. The maximum atomic E-state index is 13.0. The molecular weight excluding hydrogens is 351 g/mol. The van der Waals surface area contributed by atoms with E-state index in [9.17, 15) is 22.9 Å². The van der Waals surface area contributed by atoms with Crippen molar-refractivity contribution in [1.29, 1.82) is 0 Å². The lowest BCUT2D eigenvalue weighted by atomic mass is 10.1. The van der Waals surface area contributed by atoms with Gasteiger partial charge in [0.05, 0.1) is 18.1 Å². The van der Waals surface area contributed by atoms with Crippen LogP contribution in [0.4, 0.5) is 10.1 Å². The fourth-order valence-electron chi connectivity index (χ4n) is 2.30. The first kappa shape index (κ1) is 18.8. The molecule has 0 aliphatic rings. The molecule has 0 bridgehead atoms. The van der Waals surface area contributed by atoms with Crippen molar-refractivity contribution < 1.29 is 22.5 Å². The highest BCUT2D eigenvalue weighted by molar-refractivity contribution is 7.89. The first-order valence-corrected chi connectivity index (χ1v) is 8.68. The maximum absolute atomic E-state index is 13.0. The van der Waals surface area contributed by atoms with Crippen LogP contribution in [0, 0.1) is 15.9 Å². The second kappa shape index (κ2) is 7.16. The van der Waals surface area contributed by atoms with Crippen molar-refractivity contribution in [3.05, 3.63) is 64.0 Å². The standard InChI is InChI=1S/C16H17FN2O5S/c1-11(12-4-6-13(17)7-5-12)18(2)25(22,23)16-9-8-14(24-3)10-15(16)19(20)21/h4-11H,1-3H3. The number of hydrogen-bond acceptors (Lipinski definition) is 5. The molecule has 0 amide bonds. The maximum Gasteiger partial charge on any atom is 0.293 e. The number of nitro groups is 1.